The molecule has 1 amide bonds. The molecular formula is C15H16N6O2. The minimum absolute atomic E-state index is 0.0191. The van der Waals surface area contributed by atoms with Crippen LogP contribution in [0.3, 0.4) is 0 Å². The Morgan fingerprint density at radius 2 is 2.22 bits per heavy atom. The van der Waals surface area contributed by atoms with Gasteiger partial charge in [0.25, 0.3) is 11.5 Å². The Morgan fingerprint density at radius 3 is 3.04 bits per heavy atom. The van der Waals surface area contributed by atoms with Gasteiger partial charge in [0, 0.05) is 31.9 Å². The van der Waals surface area contributed by atoms with Crippen molar-refractivity contribution in [3.8, 4) is 0 Å². The van der Waals surface area contributed by atoms with E-state index in [1.54, 1.807) is 30.7 Å². The van der Waals surface area contributed by atoms with Crippen LogP contribution < -0.4 is 10.9 Å². The van der Waals surface area contributed by atoms with E-state index in [4.69, 9.17) is 0 Å². The van der Waals surface area contributed by atoms with E-state index >= 15 is 0 Å². The van der Waals surface area contributed by atoms with E-state index in [1.807, 2.05) is 11.5 Å². The third kappa shape index (κ3) is 2.96. The Morgan fingerprint density at radius 1 is 1.35 bits per heavy atom. The average molecular weight is 312 g/mol. The molecule has 3 aromatic rings. The fourth-order valence-corrected chi connectivity index (χ4v) is 2.30. The minimum atomic E-state index is -0.441. The molecule has 3 heterocycles. The van der Waals surface area contributed by atoms with Gasteiger partial charge < -0.3 is 9.88 Å². The zero-order valence-electron chi connectivity index (χ0n) is 12.6. The average Bonchev–Trinajstić information content (AvgIpc) is 3.03. The largest absolute Gasteiger partial charge is 0.351 e. The molecule has 3 aromatic heterocycles. The summed E-state index contributed by atoms with van der Waals surface area (Å²) in [5.74, 6) is 0.351. The van der Waals surface area contributed by atoms with Gasteiger partial charge in [0.15, 0.2) is 0 Å². The molecule has 0 aliphatic carbocycles. The maximum atomic E-state index is 12.3. The van der Waals surface area contributed by atoms with E-state index in [0.29, 0.717) is 18.6 Å². The van der Waals surface area contributed by atoms with Crippen LogP contribution in [-0.4, -0.2) is 36.6 Å². The van der Waals surface area contributed by atoms with Crippen molar-refractivity contribution in [2.45, 2.75) is 19.9 Å². The third-order valence-electron chi connectivity index (χ3n) is 3.53. The van der Waals surface area contributed by atoms with Crippen LogP contribution in [0.1, 0.15) is 23.1 Å². The summed E-state index contributed by atoms with van der Waals surface area (Å²) in [7, 11) is 0. The lowest BCUT2D eigenvalue weighted by molar-refractivity contribution is 0.0952. The number of hydrogen-bond acceptors (Lipinski definition) is 5. The molecule has 0 aromatic carbocycles. The molecule has 8 heteroatoms. The molecule has 0 unspecified atom stereocenters. The second-order valence-corrected chi connectivity index (χ2v) is 4.94. The van der Waals surface area contributed by atoms with Gasteiger partial charge in [0.05, 0.1) is 0 Å². The summed E-state index contributed by atoms with van der Waals surface area (Å²) in [5, 5.41) is 10.6. The van der Waals surface area contributed by atoms with E-state index in [2.05, 4.69) is 20.5 Å². The zero-order chi connectivity index (χ0) is 16.2. The highest BCUT2D eigenvalue weighted by Crippen LogP contribution is 1.98. The first-order chi connectivity index (χ1) is 11.2. The normalized spacial score (nSPS) is 10.8. The third-order valence-corrected chi connectivity index (χ3v) is 3.53. The fourth-order valence-electron chi connectivity index (χ4n) is 2.30. The van der Waals surface area contributed by atoms with Crippen molar-refractivity contribution in [2.24, 2.45) is 0 Å². The van der Waals surface area contributed by atoms with Crippen molar-refractivity contribution < 1.29 is 4.79 Å². The maximum absolute atomic E-state index is 12.3. The second kappa shape index (κ2) is 6.39. The predicted octanol–water partition coefficient (Wildman–Crippen LogP) is 0.278. The van der Waals surface area contributed by atoms with Crippen molar-refractivity contribution in [2.75, 3.05) is 6.54 Å². The van der Waals surface area contributed by atoms with Crippen molar-refractivity contribution in [1.29, 1.82) is 0 Å². The zero-order valence-corrected chi connectivity index (χ0v) is 12.6. The Bertz CT molecular complexity index is 898. The fraction of sp³-hybridized carbons (Fsp3) is 0.267. The summed E-state index contributed by atoms with van der Waals surface area (Å²) in [5.41, 5.74) is 0.139. The van der Waals surface area contributed by atoms with Gasteiger partial charge in [-0.25, -0.2) is 4.98 Å². The van der Waals surface area contributed by atoms with Crippen LogP contribution in [0.4, 0.5) is 0 Å². The maximum Gasteiger partial charge on any atom is 0.270 e. The van der Waals surface area contributed by atoms with Gasteiger partial charge in [-0.2, -0.15) is 0 Å². The summed E-state index contributed by atoms with van der Waals surface area (Å²) in [4.78, 5) is 28.6. The first-order valence-electron chi connectivity index (χ1n) is 7.32. The number of fused-ring (bicyclic) bond motifs is 1. The molecule has 0 saturated carbocycles. The first kappa shape index (κ1) is 14.9. The molecule has 0 aliphatic rings. The molecule has 23 heavy (non-hydrogen) atoms. The molecule has 0 radical (unpaired) electrons. The number of pyridine rings is 1. The van der Waals surface area contributed by atoms with Crippen LogP contribution in [-0.2, 0) is 13.0 Å². The predicted molar refractivity (Wildman–Crippen MR) is 83.2 cm³/mol. The SMILES string of the molecule is CCn1cnnc1CCNC(=O)c1cnc2ccccn2c1=O. The van der Waals surface area contributed by atoms with Crippen LogP contribution >= 0.6 is 0 Å². The molecular weight excluding hydrogens is 296 g/mol. The van der Waals surface area contributed by atoms with Gasteiger partial charge in [0.1, 0.15) is 23.4 Å². The lowest BCUT2D eigenvalue weighted by atomic mass is 10.3. The summed E-state index contributed by atoms with van der Waals surface area (Å²) >= 11 is 0. The summed E-state index contributed by atoms with van der Waals surface area (Å²) < 4.78 is 3.25. The van der Waals surface area contributed by atoms with Crippen molar-refractivity contribution >= 4 is 11.6 Å². The highest BCUT2D eigenvalue weighted by atomic mass is 16.2. The van der Waals surface area contributed by atoms with Crippen molar-refractivity contribution in [1.82, 2.24) is 29.5 Å². The molecule has 0 atom stereocenters. The van der Waals surface area contributed by atoms with Crippen LogP contribution in [0.2, 0.25) is 0 Å². The van der Waals surface area contributed by atoms with Gasteiger partial charge in [-0.1, -0.05) is 6.07 Å². The molecule has 0 bridgehead atoms. The number of aryl methyl sites for hydroxylation is 1. The van der Waals surface area contributed by atoms with Crippen LogP contribution in [0, 0.1) is 0 Å². The molecule has 0 aliphatic heterocycles. The first-order valence-corrected chi connectivity index (χ1v) is 7.32. The molecule has 1 N–H and O–H groups in total. The summed E-state index contributed by atoms with van der Waals surface area (Å²) in [6, 6.07) is 5.21. The van der Waals surface area contributed by atoms with E-state index in [0.717, 1.165) is 12.4 Å². The number of rotatable bonds is 5. The van der Waals surface area contributed by atoms with Gasteiger partial charge in [0.2, 0.25) is 0 Å². The van der Waals surface area contributed by atoms with E-state index in [-0.39, 0.29) is 11.1 Å². The van der Waals surface area contributed by atoms with E-state index < -0.39 is 5.91 Å². The standard InChI is InChI=1S/C15H16N6O2/c1-2-20-10-18-19-13(20)6-7-16-14(22)11-9-17-12-5-3-4-8-21(12)15(11)23/h3-5,8-10H,2,6-7H2,1H3,(H,16,22). The molecule has 3 rings (SSSR count). The number of nitrogens with zero attached hydrogens (tertiary/aromatic N) is 5. The lowest BCUT2D eigenvalue weighted by Crippen LogP contribution is -2.33. The summed E-state index contributed by atoms with van der Waals surface area (Å²) in [6.45, 7) is 3.13. The topological polar surface area (TPSA) is 94.2 Å². The Kier molecular flexibility index (Phi) is 4.13. The molecule has 0 fully saturated rings. The second-order valence-electron chi connectivity index (χ2n) is 4.94. The molecule has 8 nitrogen and oxygen atoms in total. The van der Waals surface area contributed by atoms with Crippen LogP contribution in [0.15, 0.2) is 41.7 Å². The Labute approximate surface area is 131 Å². The number of carbonyl (C=O) groups excluding carboxylic acids is 1. The quantitative estimate of drug-likeness (QED) is 0.730. The molecule has 0 saturated heterocycles. The van der Waals surface area contributed by atoms with Gasteiger partial charge in [-0.3, -0.25) is 14.0 Å². The van der Waals surface area contributed by atoms with Crippen molar-refractivity contribution in [3.05, 3.63) is 58.7 Å². The Hall–Kier alpha value is -3.03. The highest BCUT2D eigenvalue weighted by molar-refractivity contribution is 5.93. The number of amides is 1. The number of hydrogen-bond donors (Lipinski definition) is 1. The number of carbonyl (C=O) groups is 1. The van der Waals surface area contributed by atoms with Gasteiger partial charge in [-0.15, -0.1) is 10.2 Å². The number of aromatic nitrogens is 5. The van der Waals surface area contributed by atoms with Crippen LogP contribution in [0.5, 0.6) is 0 Å². The van der Waals surface area contributed by atoms with Crippen LogP contribution in [0.25, 0.3) is 5.65 Å². The highest BCUT2D eigenvalue weighted by Gasteiger charge is 2.13. The van der Waals surface area contributed by atoms with Crippen molar-refractivity contribution in [3.63, 3.8) is 0 Å². The van der Waals surface area contributed by atoms with E-state index in [1.165, 1.54) is 10.6 Å². The summed E-state index contributed by atoms with van der Waals surface area (Å²) in [6.07, 6.45) is 5.09. The van der Waals surface area contributed by atoms with E-state index in [9.17, 15) is 9.59 Å². The molecule has 0 spiro atoms. The lowest BCUT2D eigenvalue weighted by Gasteiger charge is -2.06. The van der Waals surface area contributed by atoms with Gasteiger partial charge in [-0.05, 0) is 19.1 Å². The monoisotopic (exact) mass is 312 g/mol. The number of nitrogens with one attached hydrogen (secondary N) is 1. The minimum Gasteiger partial charge on any atom is -0.351 e. The van der Waals surface area contributed by atoms with Gasteiger partial charge >= 0.3 is 0 Å². The molecule has 118 valence electrons. The smallest absolute Gasteiger partial charge is 0.270 e. The Balaban J connectivity index is 1.71.